The molecule has 136 valence electrons. The van der Waals surface area contributed by atoms with Crippen molar-refractivity contribution in [1.82, 2.24) is 4.31 Å². The quantitative estimate of drug-likeness (QED) is 0.640. The second-order valence-corrected chi connectivity index (χ2v) is 8.04. The summed E-state index contributed by atoms with van der Waals surface area (Å²) in [7, 11) is -3.82. The molecule has 2 unspecified atom stereocenters. The molecule has 0 saturated carbocycles. The van der Waals surface area contributed by atoms with Crippen LogP contribution < -0.4 is 5.73 Å². The summed E-state index contributed by atoms with van der Waals surface area (Å²) in [6.45, 7) is 5.99. The van der Waals surface area contributed by atoms with Gasteiger partial charge in [-0.05, 0) is 43.7 Å². The summed E-state index contributed by atoms with van der Waals surface area (Å²) >= 11 is 0. The van der Waals surface area contributed by atoms with Crippen LogP contribution in [-0.4, -0.2) is 36.8 Å². The van der Waals surface area contributed by atoms with Crippen LogP contribution in [0.1, 0.15) is 30.9 Å². The van der Waals surface area contributed by atoms with Gasteiger partial charge in [0, 0.05) is 31.3 Å². The van der Waals surface area contributed by atoms with Crippen molar-refractivity contribution < 1.29 is 13.3 Å². The Morgan fingerprint density at radius 2 is 2.00 bits per heavy atom. The number of rotatable bonds is 4. The number of hydrogen-bond donors (Lipinski definition) is 1. The third-order valence-corrected chi connectivity index (χ3v) is 6.76. The molecule has 0 amide bonds. The van der Waals surface area contributed by atoms with Crippen molar-refractivity contribution in [1.29, 1.82) is 0 Å². The molecular formula is C15H24ClN3O4S. The second kappa shape index (κ2) is 7.77. The highest BCUT2D eigenvalue weighted by Crippen LogP contribution is 2.32. The van der Waals surface area contributed by atoms with Gasteiger partial charge in [-0.25, -0.2) is 8.42 Å². The molecule has 2 rings (SSSR count). The van der Waals surface area contributed by atoms with Gasteiger partial charge in [-0.1, -0.05) is 6.92 Å². The molecule has 0 radical (unpaired) electrons. The van der Waals surface area contributed by atoms with Crippen molar-refractivity contribution in [2.75, 3.05) is 13.1 Å². The van der Waals surface area contributed by atoms with Crippen LogP contribution in [0, 0.1) is 29.9 Å². The van der Waals surface area contributed by atoms with Crippen LogP contribution in [0.5, 0.6) is 0 Å². The van der Waals surface area contributed by atoms with Crippen molar-refractivity contribution in [3.63, 3.8) is 0 Å². The van der Waals surface area contributed by atoms with Gasteiger partial charge in [-0.3, -0.25) is 10.1 Å². The highest BCUT2D eigenvalue weighted by Gasteiger charge is 2.37. The first kappa shape index (κ1) is 20.8. The minimum absolute atomic E-state index is 0. The van der Waals surface area contributed by atoms with Crippen molar-refractivity contribution in [3.05, 3.63) is 33.4 Å². The van der Waals surface area contributed by atoms with E-state index in [0.717, 1.165) is 18.9 Å². The molecule has 0 spiro atoms. The topological polar surface area (TPSA) is 107 Å². The summed E-state index contributed by atoms with van der Waals surface area (Å²) in [4.78, 5) is 10.5. The predicted octanol–water partition coefficient (Wildman–Crippen LogP) is 2.38. The Kier molecular flexibility index (Phi) is 6.75. The lowest BCUT2D eigenvalue weighted by Gasteiger charge is -2.38. The maximum atomic E-state index is 13.1. The Hall–Kier alpha value is -1.22. The fourth-order valence-electron chi connectivity index (χ4n) is 3.17. The van der Waals surface area contributed by atoms with E-state index >= 15 is 0 Å². The average Bonchev–Trinajstić information content (AvgIpc) is 2.49. The Morgan fingerprint density at radius 3 is 2.54 bits per heavy atom. The number of nitro benzene ring substituents is 1. The van der Waals surface area contributed by atoms with Crippen LogP contribution in [0.2, 0.25) is 0 Å². The summed E-state index contributed by atoms with van der Waals surface area (Å²) in [5.41, 5.74) is 6.72. The Labute approximate surface area is 148 Å². The number of halogens is 1. The lowest BCUT2D eigenvalue weighted by atomic mass is 9.93. The van der Waals surface area contributed by atoms with Gasteiger partial charge in [-0.2, -0.15) is 4.31 Å². The van der Waals surface area contributed by atoms with Gasteiger partial charge in [0.15, 0.2) is 0 Å². The molecule has 1 saturated heterocycles. The van der Waals surface area contributed by atoms with Crippen molar-refractivity contribution in [3.8, 4) is 0 Å². The molecule has 0 bridgehead atoms. The van der Waals surface area contributed by atoms with Crippen molar-refractivity contribution >= 4 is 28.1 Å². The zero-order valence-electron chi connectivity index (χ0n) is 14.1. The predicted molar refractivity (Wildman–Crippen MR) is 95.0 cm³/mol. The first-order chi connectivity index (χ1) is 10.7. The van der Waals surface area contributed by atoms with Gasteiger partial charge >= 0.3 is 0 Å². The van der Waals surface area contributed by atoms with E-state index in [9.17, 15) is 18.5 Å². The number of benzene rings is 1. The van der Waals surface area contributed by atoms with E-state index in [1.807, 2.05) is 6.92 Å². The summed E-state index contributed by atoms with van der Waals surface area (Å²) in [5, 5.41) is 11.1. The molecule has 9 heteroatoms. The summed E-state index contributed by atoms with van der Waals surface area (Å²) in [5.74, 6) is 0.170. The van der Waals surface area contributed by atoms with Gasteiger partial charge < -0.3 is 5.73 Å². The van der Waals surface area contributed by atoms with E-state index < -0.39 is 14.9 Å². The standard InChI is InChI=1S/C15H23N3O4S.ClH/c1-10-5-4-6-17(14(10)9-16)23(21,22)15-8-13(18(19)20)7-11(2)12(15)3;/h7-8,10,14H,4-6,9,16H2,1-3H3;1H. The molecule has 24 heavy (non-hydrogen) atoms. The molecule has 1 fully saturated rings. The minimum atomic E-state index is -3.82. The summed E-state index contributed by atoms with van der Waals surface area (Å²) in [6.07, 6.45) is 1.70. The van der Waals surface area contributed by atoms with Gasteiger partial charge in [0.2, 0.25) is 10.0 Å². The number of piperidine rings is 1. The highest BCUT2D eigenvalue weighted by atomic mass is 35.5. The smallest absolute Gasteiger partial charge is 0.271 e. The Morgan fingerprint density at radius 1 is 1.38 bits per heavy atom. The summed E-state index contributed by atoms with van der Waals surface area (Å²) in [6, 6.07) is 2.28. The Balaban J connectivity index is 0.00000288. The summed E-state index contributed by atoms with van der Waals surface area (Å²) < 4.78 is 27.6. The first-order valence-corrected chi connectivity index (χ1v) is 9.11. The zero-order valence-corrected chi connectivity index (χ0v) is 15.7. The molecule has 1 aromatic rings. The number of sulfonamides is 1. The van der Waals surface area contributed by atoms with Crippen LogP contribution >= 0.6 is 12.4 Å². The lowest BCUT2D eigenvalue weighted by Crippen LogP contribution is -2.51. The monoisotopic (exact) mass is 377 g/mol. The fraction of sp³-hybridized carbons (Fsp3) is 0.600. The first-order valence-electron chi connectivity index (χ1n) is 7.67. The largest absolute Gasteiger partial charge is 0.329 e. The third kappa shape index (κ3) is 3.72. The average molecular weight is 378 g/mol. The maximum Gasteiger partial charge on any atom is 0.271 e. The van der Waals surface area contributed by atoms with Gasteiger partial charge in [0.25, 0.3) is 5.69 Å². The van der Waals surface area contributed by atoms with E-state index in [1.54, 1.807) is 13.8 Å². The third-order valence-electron chi connectivity index (χ3n) is 4.71. The van der Waals surface area contributed by atoms with Crippen LogP contribution in [0.3, 0.4) is 0 Å². The Bertz CT molecular complexity index is 724. The molecule has 2 N–H and O–H groups in total. The van der Waals surface area contributed by atoms with Crippen LogP contribution in [0.25, 0.3) is 0 Å². The second-order valence-electron chi connectivity index (χ2n) is 6.18. The molecular weight excluding hydrogens is 354 g/mol. The van der Waals surface area contributed by atoms with Crippen LogP contribution in [0.4, 0.5) is 5.69 Å². The zero-order chi connectivity index (χ0) is 17.4. The molecule has 0 aliphatic carbocycles. The van der Waals surface area contributed by atoms with Crippen molar-refractivity contribution in [2.24, 2.45) is 11.7 Å². The number of aryl methyl sites for hydroxylation is 1. The van der Waals surface area contributed by atoms with Gasteiger partial charge in [0.1, 0.15) is 0 Å². The van der Waals surface area contributed by atoms with Crippen LogP contribution in [-0.2, 0) is 10.0 Å². The lowest BCUT2D eigenvalue weighted by molar-refractivity contribution is -0.385. The molecule has 7 nitrogen and oxygen atoms in total. The van der Waals surface area contributed by atoms with Crippen LogP contribution in [0.15, 0.2) is 17.0 Å². The number of nitrogens with zero attached hydrogens (tertiary/aromatic N) is 2. The van der Waals surface area contributed by atoms with E-state index in [0.29, 0.717) is 17.7 Å². The number of nitrogens with two attached hydrogens (primary N) is 1. The van der Waals surface area contributed by atoms with E-state index in [2.05, 4.69) is 0 Å². The number of non-ortho nitro benzene ring substituents is 1. The molecule has 1 aliphatic heterocycles. The SMILES string of the molecule is Cc1cc([N+](=O)[O-])cc(S(=O)(=O)N2CCCC(C)C2CN)c1C.Cl. The van der Waals surface area contributed by atoms with Gasteiger partial charge in [-0.15, -0.1) is 12.4 Å². The minimum Gasteiger partial charge on any atom is -0.329 e. The molecule has 1 aliphatic rings. The maximum absolute atomic E-state index is 13.1. The molecule has 2 atom stereocenters. The molecule has 0 aromatic heterocycles. The highest BCUT2D eigenvalue weighted by molar-refractivity contribution is 7.89. The van der Waals surface area contributed by atoms with E-state index in [-0.39, 0.29) is 41.5 Å². The fourth-order valence-corrected chi connectivity index (χ4v) is 5.26. The number of nitro groups is 1. The molecule has 1 aromatic carbocycles. The number of hydrogen-bond acceptors (Lipinski definition) is 5. The molecule has 1 heterocycles. The van der Waals surface area contributed by atoms with Crippen molar-refractivity contribution in [2.45, 2.75) is 44.6 Å². The van der Waals surface area contributed by atoms with E-state index in [4.69, 9.17) is 5.73 Å². The van der Waals surface area contributed by atoms with E-state index in [1.165, 1.54) is 10.4 Å². The normalized spacial score (nSPS) is 22.0. The van der Waals surface area contributed by atoms with Gasteiger partial charge in [0.05, 0.1) is 9.82 Å².